The number of allylic oxidation sites excluding steroid dienone is 2. The van der Waals surface area contributed by atoms with Gasteiger partial charge in [0, 0.05) is 6.20 Å². The van der Waals surface area contributed by atoms with Gasteiger partial charge in [0.25, 0.3) is 0 Å². The van der Waals surface area contributed by atoms with Crippen molar-refractivity contribution < 1.29 is 14.3 Å². The van der Waals surface area contributed by atoms with E-state index in [0.717, 1.165) is 5.57 Å². The van der Waals surface area contributed by atoms with Crippen LogP contribution >= 0.6 is 0 Å². The van der Waals surface area contributed by atoms with Crippen molar-refractivity contribution in [1.82, 2.24) is 4.98 Å². The summed E-state index contributed by atoms with van der Waals surface area (Å²) in [5, 5.41) is 8.83. The number of carboxylic acid groups (broad SMARTS) is 1. The second-order valence-electron chi connectivity index (χ2n) is 3.90. The number of carboxylic acids is 1. The van der Waals surface area contributed by atoms with Crippen molar-refractivity contribution in [2.75, 3.05) is 0 Å². The number of carbonyl (C=O) groups is 1. The number of aromatic nitrogens is 1. The fourth-order valence-corrected chi connectivity index (χ4v) is 1.87. The maximum absolute atomic E-state index is 13.0. The highest BCUT2D eigenvalue weighted by Gasteiger charge is 2.21. The smallest absolute Gasteiger partial charge is 0.306 e. The van der Waals surface area contributed by atoms with Crippen molar-refractivity contribution in [2.24, 2.45) is 5.92 Å². The zero-order chi connectivity index (χ0) is 11.5. The minimum Gasteiger partial charge on any atom is -0.481 e. The van der Waals surface area contributed by atoms with Crippen LogP contribution < -0.4 is 0 Å². The van der Waals surface area contributed by atoms with Gasteiger partial charge in [0.05, 0.1) is 11.6 Å². The SMILES string of the molecule is O=C(O)C1CC=C(c2cc(F)ccn2)CC1. The number of nitrogens with zero attached hydrogens (tertiary/aromatic N) is 1. The third kappa shape index (κ3) is 2.27. The van der Waals surface area contributed by atoms with Gasteiger partial charge in [-0.15, -0.1) is 0 Å². The predicted molar refractivity (Wildman–Crippen MR) is 57.1 cm³/mol. The fourth-order valence-electron chi connectivity index (χ4n) is 1.87. The van der Waals surface area contributed by atoms with E-state index in [1.165, 1.54) is 18.3 Å². The third-order valence-corrected chi connectivity index (χ3v) is 2.81. The van der Waals surface area contributed by atoms with Gasteiger partial charge >= 0.3 is 5.97 Å². The molecule has 84 valence electrons. The van der Waals surface area contributed by atoms with Crippen molar-refractivity contribution in [1.29, 1.82) is 0 Å². The van der Waals surface area contributed by atoms with E-state index in [0.29, 0.717) is 25.0 Å². The highest BCUT2D eigenvalue weighted by molar-refractivity contribution is 5.73. The lowest BCUT2D eigenvalue weighted by atomic mass is 9.88. The first-order valence-electron chi connectivity index (χ1n) is 5.20. The van der Waals surface area contributed by atoms with Crippen LogP contribution in [0, 0.1) is 11.7 Å². The van der Waals surface area contributed by atoms with Gasteiger partial charge in [0.1, 0.15) is 5.82 Å². The van der Waals surface area contributed by atoms with Gasteiger partial charge in [0.2, 0.25) is 0 Å². The van der Waals surface area contributed by atoms with Gasteiger partial charge < -0.3 is 5.11 Å². The average molecular weight is 221 g/mol. The van der Waals surface area contributed by atoms with Crippen molar-refractivity contribution in [2.45, 2.75) is 19.3 Å². The van der Waals surface area contributed by atoms with Gasteiger partial charge in [-0.05, 0) is 37.0 Å². The summed E-state index contributed by atoms with van der Waals surface area (Å²) in [5.74, 6) is -1.38. The Balaban J connectivity index is 2.16. The van der Waals surface area contributed by atoms with Crippen LogP contribution in [-0.2, 0) is 4.79 Å². The Labute approximate surface area is 92.6 Å². The number of hydrogen-bond donors (Lipinski definition) is 1. The highest BCUT2D eigenvalue weighted by Crippen LogP contribution is 2.29. The summed E-state index contributed by atoms with van der Waals surface area (Å²) < 4.78 is 13.0. The summed E-state index contributed by atoms with van der Waals surface area (Å²) >= 11 is 0. The van der Waals surface area contributed by atoms with Crippen LogP contribution in [0.25, 0.3) is 5.57 Å². The molecule has 0 bridgehead atoms. The van der Waals surface area contributed by atoms with Gasteiger partial charge in [-0.1, -0.05) is 6.08 Å². The largest absolute Gasteiger partial charge is 0.481 e. The van der Waals surface area contributed by atoms with Gasteiger partial charge in [-0.2, -0.15) is 0 Å². The van der Waals surface area contributed by atoms with E-state index < -0.39 is 5.97 Å². The standard InChI is InChI=1S/C12H12FNO2/c13-10-5-6-14-11(7-10)8-1-3-9(4-2-8)12(15)16/h1,5-7,9H,2-4H2,(H,15,16). The van der Waals surface area contributed by atoms with E-state index >= 15 is 0 Å². The summed E-state index contributed by atoms with van der Waals surface area (Å²) in [6.07, 6.45) is 5.02. The van der Waals surface area contributed by atoms with Gasteiger partial charge in [-0.25, -0.2) is 4.39 Å². The molecule has 1 atom stereocenters. The lowest BCUT2D eigenvalue weighted by molar-refractivity contribution is -0.141. The maximum atomic E-state index is 13.0. The molecule has 2 rings (SSSR count). The second kappa shape index (κ2) is 4.43. The normalized spacial score (nSPS) is 20.3. The summed E-state index contributed by atoms with van der Waals surface area (Å²) in [7, 11) is 0. The Kier molecular flexibility index (Phi) is 2.99. The first kappa shape index (κ1) is 10.8. The van der Waals surface area contributed by atoms with Crippen LogP contribution in [0.4, 0.5) is 4.39 Å². The van der Waals surface area contributed by atoms with Crippen LogP contribution in [0.15, 0.2) is 24.4 Å². The lowest BCUT2D eigenvalue weighted by Gasteiger charge is -2.17. The molecule has 0 aliphatic heterocycles. The van der Waals surface area contributed by atoms with E-state index in [-0.39, 0.29) is 11.7 Å². The van der Waals surface area contributed by atoms with E-state index in [1.807, 2.05) is 6.08 Å². The summed E-state index contributed by atoms with van der Waals surface area (Å²) in [5.41, 5.74) is 1.56. The Morgan fingerprint density at radius 2 is 2.38 bits per heavy atom. The molecule has 1 aliphatic carbocycles. The monoisotopic (exact) mass is 221 g/mol. The topological polar surface area (TPSA) is 50.2 Å². The molecule has 4 heteroatoms. The molecule has 0 saturated heterocycles. The summed E-state index contributed by atoms with van der Waals surface area (Å²) in [6, 6.07) is 2.68. The quantitative estimate of drug-likeness (QED) is 0.834. The molecule has 0 spiro atoms. The minimum atomic E-state index is -0.762. The van der Waals surface area contributed by atoms with E-state index in [1.54, 1.807) is 0 Å². The third-order valence-electron chi connectivity index (χ3n) is 2.81. The number of halogens is 1. The number of pyridine rings is 1. The molecule has 1 N–H and O–H groups in total. The number of rotatable bonds is 2. The van der Waals surface area contributed by atoms with Crippen molar-refractivity contribution >= 4 is 11.5 Å². The van der Waals surface area contributed by atoms with Crippen LogP contribution in [0.1, 0.15) is 25.0 Å². The maximum Gasteiger partial charge on any atom is 0.306 e. The zero-order valence-electron chi connectivity index (χ0n) is 8.69. The molecule has 0 fully saturated rings. The van der Waals surface area contributed by atoms with Crippen LogP contribution in [0.3, 0.4) is 0 Å². The first-order valence-corrected chi connectivity index (χ1v) is 5.20. The first-order chi connectivity index (χ1) is 7.66. The molecular formula is C12H12FNO2. The minimum absolute atomic E-state index is 0.308. The molecule has 1 unspecified atom stereocenters. The molecular weight excluding hydrogens is 209 g/mol. The number of aliphatic carboxylic acids is 1. The Morgan fingerprint density at radius 1 is 1.56 bits per heavy atom. The Bertz CT molecular complexity index is 442. The Morgan fingerprint density at radius 3 is 2.94 bits per heavy atom. The molecule has 3 nitrogen and oxygen atoms in total. The van der Waals surface area contributed by atoms with Crippen LogP contribution in [0.2, 0.25) is 0 Å². The summed E-state index contributed by atoms with van der Waals surface area (Å²) in [6.45, 7) is 0. The predicted octanol–water partition coefficient (Wildman–Crippen LogP) is 2.49. The van der Waals surface area contributed by atoms with E-state index in [4.69, 9.17) is 5.11 Å². The van der Waals surface area contributed by atoms with E-state index in [2.05, 4.69) is 4.98 Å². The van der Waals surface area contributed by atoms with Crippen molar-refractivity contribution in [3.05, 3.63) is 35.9 Å². The molecule has 1 aliphatic rings. The van der Waals surface area contributed by atoms with E-state index in [9.17, 15) is 9.18 Å². The van der Waals surface area contributed by atoms with Crippen LogP contribution in [0.5, 0.6) is 0 Å². The highest BCUT2D eigenvalue weighted by atomic mass is 19.1. The van der Waals surface area contributed by atoms with Crippen molar-refractivity contribution in [3.63, 3.8) is 0 Å². The molecule has 1 aromatic rings. The number of hydrogen-bond acceptors (Lipinski definition) is 2. The zero-order valence-corrected chi connectivity index (χ0v) is 8.69. The summed E-state index contributed by atoms with van der Waals surface area (Å²) in [4.78, 5) is 14.8. The fraction of sp³-hybridized carbons (Fsp3) is 0.333. The molecule has 0 saturated carbocycles. The average Bonchev–Trinajstić information content (AvgIpc) is 2.29. The van der Waals surface area contributed by atoms with Crippen molar-refractivity contribution in [3.8, 4) is 0 Å². The lowest BCUT2D eigenvalue weighted by Crippen LogP contribution is -2.15. The molecule has 0 amide bonds. The Hall–Kier alpha value is -1.71. The molecule has 1 heterocycles. The molecule has 16 heavy (non-hydrogen) atoms. The van der Waals surface area contributed by atoms with Gasteiger partial charge in [0.15, 0.2) is 0 Å². The molecule has 0 aromatic carbocycles. The molecule has 0 radical (unpaired) electrons. The second-order valence-corrected chi connectivity index (χ2v) is 3.90. The molecule has 1 aromatic heterocycles. The van der Waals surface area contributed by atoms with Crippen LogP contribution in [-0.4, -0.2) is 16.1 Å². The van der Waals surface area contributed by atoms with Gasteiger partial charge in [-0.3, -0.25) is 9.78 Å².